The molecule has 2 aromatic carbocycles. The fraction of sp³-hybridized carbons (Fsp3) is 0.0556. The summed E-state index contributed by atoms with van der Waals surface area (Å²) in [7, 11) is 0. The average Bonchev–Trinajstić information content (AvgIpc) is 3.03. The molecule has 124 valence electrons. The number of hydrogen-bond acceptors (Lipinski definition) is 5. The number of nitrogens with one attached hydrogen (secondary N) is 2. The maximum absolute atomic E-state index is 11.9. The van der Waals surface area contributed by atoms with Crippen LogP contribution in [0, 0.1) is 6.92 Å². The highest BCUT2D eigenvalue weighted by atomic mass is 35.5. The Morgan fingerprint density at radius 2 is 1.96 bits per heavy atom. The van der Waals surface area contributed by atoms with Gasteiger partial charge in [-0.2, -0.15) is 0 Å². The lowest BCUT2D eigenvalue weighted by Crippen LogP contribution is -2.09. The van der Waals surface area contributed by atoms with E-state index in [4.69, 9.17) is 16.0 Å². The molecule has 0 radical (unpaired) electrons. The lowest BCUT2D eigenvalue weighted by Gasteiger charge is -2.04. The van der Waals surface area contributed by atoms with Gasteiger partial charge in [-0.25, -0.2) is 9.97 Å². The fourth-order valence-corrected chi connectivity index (χ4v) is 2.66. The number of aromatic amines is 1. The minimum absolute atomic E-state index is 0.157. The lowest BCUT2D eigenvalue weighted by atomic mass is 10.2. The average molecular weight is 353 g/mol. The molecule has 0 aliphatic carbocycles. The van der Waals surface area contributed by atoms with Crippen LogP contribution >= 0.6 is 11.6 Å². The van der Waals surface area contributed by atoms with Crippen LogP contribution in [-0.4, -0.2) is 15.0 Å². The van der Waals surface area contributed by atoms with E-state index in [9.17, 15) is 4.79 Å². The van der Waals surface area contributed by atoms with Gasteiger partial charge in [0.05, 0.1) is 17.1 Å². The Morgan fingerprint density at radius 3 is 2.76 bits per heavy atom. The Kier molecular flexibility index (Phi) is 3.74. The summed E-state index contributed by atoms with van der Waals surface area (Å²) in [6, 6.07) is 12.9. The molecule has 4 rings (SSSR count). The number of halogens is 1. The molecule has 0 spiro atoms. The number of H-pyrrole nitrogens is 1. The highest BCUT2D eigenvalue weighted by Gasteiger charge is 2.08. The molecule has 2 heterocycles. The number of hydrogen-bond donors (Lipinski definition) is 2. The van der Waals surface area contributed by atoms with Gasteiger partial charge in [-0.05, 0) is 49.4 Å². The largest absolute Gasteiger partial charge is 0.423 e. The molecule has 0 aliphatic heterocycles. The van der Waals surface area contributed by atoms with Crippen LogP contribution in [0.2, 0.25) is 5.02 Å². The van der Waals surface area contributed by atoms with Crippen LogP contribution in [0.3, 0.4) is 0 Å². The third-order valence-electron chi connectivity index (χ3n) is 3.71. The summed E-state index contributed by atoms with van der Waals surface area (Å²) in [4.78, 5) is 23.1. The molecule has 0 atom stereocenters. The minimum atomic E-state index is -0.157. The van der Waals surface area contributed by atoms with Crippen molar-refractivity contribution in [2.24, 2.45) is 0 Å². The molecule has 4 aromatic rings. The molecular weight excluding hydrogens is 340 g/mol. The Hall–Kier alpha value is -3.12. The maximum atomic E-state index is 11.9. The molecule has 2 aromatic heterocycles. The van der Waals surface area contributed by atoms with E-state index >= 15 is 0 Å². The zero-order valence-corrected chi connectivity index (χ0v) is 14.0. The number of nitrogens with zero attached hydrogens (tertiary/aromatic N) is 2. The first-order chi connectivity index (χ1) is 12.1. The standard InChI is InChI=1S/C18H13ClN4O2/c1-10-21-15-8-13(6-7-14(15)17(24)22-10)23-18-20-9-16(25-18)11-2-4-12(19)5-3-11/h2-9H,1H3,(H,20,23)(H,21,22,24). The molecule has 7 heteroatoms. The first-order valence-electron chi connectivity index (χ1n) is 7.58. The van der Waals surface area contributed by atoms with Gasteiger partial charge in [-0.3, -0.25) is 4.79 Å². The molecule has 2 N–H and O–H groups in total. The first-order valence-corrected chi connectivity index (χ1v) is 7.96. The number of rotatable bonds is 3. The number of oxazole rings is 1. The van der Waals surface area contributed by atoms with E-state index in [0.29, 0.717) is 33.5 Å². The van der Waals surface area contributed by atoms with Crippen molar-refractivity contribution in [1.82, 2.24) is 15.0 Å². The molecule has 0 fully saturated rings. The Balaban J connectivity index is 1.63. The molecule has 0 aliphatic rings. The predicted octanol–water partition coefficient (Wildman–Crippen LogP) is 4.28. The molecule has 0 saturated carbocycles. The van der Waals surface area contributed by atoms with Gasteiger partial charge in [0.25, 0.3) is 11.6 Å². The number of fused-ring (bicyclic) bond motifs is 1. The summed E-state index contributed by atoms with van der Waals surface area (Å²) < 4.78 is 5.72. The Labute approximate surface area is 147 Å². The first kappa shape index (κ1) is 15.4. The Morgan fingerprint density at radius 1 is 1.16 bits per heavy atom. The van der Waals surface area contributed by atoms with Gasteiger partial charge < -0.3 is 14.7 Å². The van der Waals surface area contributed by atoms with Gasteiger partial charge in [0.1, 0.15) is 5.82 Å². The summed E-state index contributed by atoms with van der Waals surface area (Å²) in [5, 5.41) is 4.28. The quantitative estimate of drug-likeness (QED) is 0.574. The summed E-state index contributed by atoms with van der Waals surface area (Å²) in [5.74, 6) is 1.20. The number of anilines is 2. The summed E-state index contributed by atoms with van der Waals surface area (Å²) in [6.45, 7) is 1.74. The molecular formula is C18H13ClN4O2. The minimum Gasteiger partial charge on any atom is -0.423 e. The Bertz CT molecular complexity index is 1120. The van der Waals surface area contributed by atoms with Gasteiger partial charge in [0.2, 0.25) is 0 Å². The van der Waals surface area contributed by atoms with Crippen LogP contribution in [-0.2, 0) is 0 Å². The maximum Gasteiger partial charge on any atom is 0.299 e. The van der Waals surface area contributed by atoms with Crippen molar-refractivity contribution in [2.75, 3.05) is 5.32 Å². The normalized spacial score (nSPS) is 11.0. The van der Waals surface area contributed by atoms with Crippen LogP contribution in [0.4, 0.5) is 11.7 Å². The van der Waals surface area contributed by atoms with Gasteiger partial charge in [0.15, 0.2) is 5.76 Å². The number of benzene rings is 2. The lowest BCUT2D eigenvalue weighted by molar-refractivity contribution is 0.592. The molecule has 0 amide bonds. The highest BCUT2D eigenvalue weighted by molar-refractivity contribution is 6.30. The van der Waals surface area contributed by atoms with E-state index in [1.807, 2.05) is 12.1 Å². The van der Waals surface area contributed by atoms with Crippen molar-refractivity contribution in [2.45, 2.75) is 6.92 Å². The van der Waals surface area contributed by atoms with Crippen LogP contribution in [0.1, 0.15) is 5.82 Å². The second-order valence-electron chi connectivity index (χ2n) is 5.54. The third-order valence-corrected chi connectivity index (χ3v) is 3.96. The van der Waals surface area contributed by atoms with E-state index in [-0.39, 0.29) is 5.56 Å². The smallest absolute Gasteiger partial charge is 0.299 e. The van der Waals surface area contributed by atoms with Crippen LogP contribution in [0.25, 0.3) is 22.2 Å². The molecule has 0 unspecified atom stereocenters. The number of aromatic nitrogens is 3. The van der Waals surface area contributed by atoms with Crippen LogP contribution in [0.5, 0.6) is 0 Å². The molecule has 25 heavy (non-hydrogen) atoms. The molecule has 0 saturated heterocycles. The fourth-order valence-electron chi connectivity index (χ4n) is 2.54. The summed E-state index contributed by atoms with van der Waals surface area (Å²) in [6.07, 6.45) is 1.64. The van der Waals surface area contributed by atoms with E-state index in [0.717, 1.165) is 11.3 Å². The van der Waals surface area contributed by atoms with Gasteiger partial charge >= 0.3 is 0 Å². The van der Waals surface area contributed by atoms with E-state index in [1.165, 1.54) is 0 Å². The van der Waals surface area contributed by atoms with Crippen molar-refractivity contribution >= 4 is 34.2 Å². The topological polar surface area (TPSA) is 83.8 Å². The van der Waals surface area contributed by atoms with Crippen molar-refractivity contribution in [3.05, 3.63) is 69.9 Å². The second kappa shape index (κ2) is 6.07. The second-order valence-corrected chi connectivity index (χ2v) is 5.98. The van der Waals surface area contributed by atoms with E-state index in [1.54, 1.807) is 43.5 Å². The predicted molar refractivity (Wildman–Crippen MR) is 97.3 cm³/mol. The summed E-state index contributed by atoms with van der Waals surface area (Å²) in [5.41, 5.74) is 2.06. The molecule has 6 nitrogen and oxygen atoms in total. The van der Waals surface area contributed by atoms with Gasteiger partial charge in [0, 0.05) is 16.3 Å². The van der Waals surface area contributed by atoms with Crippen molar-refractivity contribution in [3.63, 3.8) is 0 Å². The van der Waals surface area contributed by atoms with E-state index in [2.05, 4.69) is 20.3 Å². The van der Waals surface area contributed by atoms with E-state index < -0.39 is 0 Å². The van der Waals surface area contributed by atoms with Crippen molar-refractivity contribution in [1.29, 1.82) is 0 Å². The molecule has 0 bridgehead atoms. The van der Waals surface area contributed by atoms with Crippen LogP contribution in [0.15, 0.2) is 57.9 Å². The zero-order valence-electron chi connectivity index (χ0n) is 13.2. The van der Waals surface area contributed by atoms with Gasteiger partial charge in [-0.15, -0.1) is 0 Å². The van der Waals surface area contributed by atoms with Crippen molar-refractivity contribution < 1.29 is 4.42 Å². The zero-order chi connectivity index (χ0) is 17.4. The highest BCUT2D eigenvalue weighted by Crippen LogP contribution is 2.26. The van der Waals surface area contributed by atoms with Gasteiger partial charge in [-0.1, -0.05) is 11.6 Å². The van der Waals surface area contributed by atoms with Crippen LogP contribution < -0.4 is 10.9 Å². The summed E-state index contributed by atoms with van der Waals surface area (Å²) >= 11 is 5.89. The number of aryl methyl sites for hydroxylation is 1. The third kappa shape index (κ3) is 3.12. The SMILES string of the molecule is Cc1nc2cc(Nc3ncc(-c4ccc(Cl)cc4)o3)ccc2c(=O)[nH]1. The van der Waals surface area contributed by atoms with Crippen molar-refractivity contribution in [3.8, 4) is 11.3 Å². The monoisotopic (exact) mass is 352 g/mol.